The van der Waals surface area contributed by atoms with Crippen molar-refractivity contribution in [2.24, 2.45) is 5.41 Å². The van der Waals surface area contributed by atoms with Crippen molar-refractivity contribution in [3.8, 4) is 0 Å². The smallest absolute Gasteiger partial charge is 0.319 e. The predicted octanol–water partition coefficient (Wildman–Crippen LogP) is 1.24. The van der Waals surface area contributed by atoms with E-state index in [0.29, 0.717) is 19.4 Å². The van der Waals surface area contributed by atoms with E-state index < -0.39 is 11.4 Å². The maximum Gasteiger partial charge on any atom is 0.319 e. The molecule has 0 radical (unpaired) electrons. The van der Waals surface area contributed by atoms with Crippen molar-refractivity contribution in [3.05, 3.63) is 15.6 Å². The van der Waals surface area contributed by atoms with E-state index in [9.17, 15) is 9.59 Å². The van der Waals surface area contributed by atoms with Gasteiger partial charge in [0, 0.05) is 4.88 Å². The zero-order valence-corrected chi connectivity index (χ0v) is 10.6. The number of aryl methyl sites for hydroxylation is 2. The molecule has 0 aliphatic heterocycles. The van der Waals surface area contributed by atoms with Crippen LogP contribution in [0, 0.1) is 19.3 Å². The molecule has 1 aromatic heterocycles. The lowest BCUT2D eigenvalue weighted by molar-refractivity contribution is -0.149. The predicted molar refractivity (Wildman–Crippen MR) is 62.7 cm³/mol. The number of hydrogen-bond donors (Lipinski definition) is 2. The molecule has 17 heavy (non-hydrogen) atoms. The summed E-state index contributed by atoms with van der Waals surface area (Å²) >= 11 is 1.52. The fraction of sp³-hybridized carbons (Fsp3) is 0.545. The average molecular weight is 254 g/mol. The Morgan fingerprint density at radius 1 is 1.47 bits per heavy atom. The molecule has 1 heterocycles. The van der Waals surface area contributed by atoms with Gasteiger partial charge in [-0.05, 0) is 26.7 Å². The third kappa shape index (κ3) is 2.17. The van der Waals surface area contributed by atoms with Crippen LogP contribution in [0.15, 0.2) is 0 Å². The molecule has 5 nitrogen and oxygen atoms in total. The van der Waals surface area contributed by atoms with Crippen molar-refractivity contribution < 1.29 is 14.7 Å². The third-order valence-electron chi connectivity index (χ3n) is 3.00. The molecule has 1 amide bonds. The summed E-state index contributed by atoms with van der Waals surface area (Å²) in [5.41, 5.74) is -0.263. The van der Waals surface area contributed by atoms with Crippen LogP contribution in [-0.4, -0.2) is 22.0 Å². The molecule has 1 aliphatic rings. The van der Waals surface area contributed by atoms with Gasteiger partial charge in [-0.1, -0.05) is 0 Å². The van der Waals surface area contributed by atoms with Crippen molar-refractivity contribution in [3.63, 3.8) is 0 Å². The minimum atomic E-state index is -1.16. The van der Waals surface area contributed by atoms with Gasteiger partial charge in [0.2, 0.25) is 5.91 Å². The maximum atomic E-state index is 11.8. The van der Waals surface area contributed by atoms with Crippen molar-refractivity contribution in [2.45, 2.75) is 33.2 Å². The molecule has 0 saturated heterocycles. The highest BCUT2D eigenvalue weighted by Gasteiger charge is 2.56. The second kappa shape index (κ2) is 4.10. The molecular formula is C11H14N2O3S. The van der Waals surface area contributed by atoms with Crippen LogP contribution in [0.3, 0.4) is 0 Å². The van der Waals surface area contributed by atoms with Gasteiger partial charge in [-0.25, -0.2) is 4.98 Å². The van der Waals surface area contributed by atoms with Crippen molar-refractivity contribution in [1.82, 2.24) is 10.3 Å². The fourth-order valence-electron chi connectivity index (χ4n) is 1.73. The van der Waals surface area contributed by atoms with E-state index in [4.69, 9.17) is 5.11 Å². The first kappa shape index (κ1) is 12.0. The summed E-state index contributed by atoms with van der Waals surface area (Å²) in [6.45, 7) is 4.16. The number of nitrogens with zero attached hydrogens (tertiary/aromatic N) is 1. The summed E-state index contributed by atoms with van der Waals surface area (Å²) < 4.78 is 0. The van der Waals surface area contributed by atoms with Crippen molar-refractivity contribution >= 4 is 23.2 Å². The Morgan fingerprint density at radius 3 is 2.53 bits per heavy atom. The molecule has 1 aromatic rings. The lowest BCUT2D eigenvalue weighted by Crippen LogP contribution is -2.36. The van der Waals surface area contributed by atoms with Crippen LogP contribution < -0.4 is 5.32 Å². The number of amides is 1. The largest absolute Gasteiger partial charge is 0.480 e. The van der Waals surface area contributed by atoms with Crippen molar-refractivity contribution in [2.75, 3.05) is 0 Å². The first-order valence-corrected chi connectivity index (χ1v) is 6.22. The van der Waals surface area contributed by atoms with Gasteiger partial charge in [0.05, 0.1) is 17.2 Å². The first-order valence-electron chi connectivity index (χ1n) is 5.40. The Hall–Kier alpha value is -1.43. The second-order valence-electron chi connectivity index (χ2n) is 4.31. The number of carbonyl (C=O) groups excluding carboxylic acids is 1. The Kier molecular flexibility index (Phi) is 2.91. The molecule has 0 atom stereocenters. The van der Waals surface area contributed by atoms with E-state index in [1.54, 1.807) is 0 Å². The molecule has 0 spiro atoms. The van der Waals surface area contributed by atoms with Gasteiger partial charge in [0.1, 0.15) is 5.41 Å². The number of carboxylic acid groups (broad SMARTS) is 1. The number of aromatic nitrogens is 1. The Morgan fingerprint density at radius 2 is 2.12 bits per heavy atom. The van der Waals surface area contributed by atoms with Crippen LogP contribution in [0.5, 0.6) is 0 Å². The lowest BCUT2D eigenvalue weighted by atomic mass is 10.1. The minimum absolute atomic E-state index is 0.366. The van der Waals surface area contributed by atoms with Gasteiger partial charge in [0.15, 0.2) is 0 Å². The minimum Gasteiger partial charge on any atom is -0.480 e. The quantitative estimate of drug-likeness (QED) is 0.792. The lowest BCUT2D eigenvalue weighted by Gasteiger charge is -2.09. The molecular weight excluding hydrogens is 240 g/mol. The molecule has 6 heteroatoms. The highest BCUT2D eigenvalue weighted by Crippen LogP contribution is 2.46. The molecule has 92 valence electrons. The van der Waals surface area contributed by atoms with Gasteiger partial charge in [-0.3, -0.25) is 9.59 Å². The highest BCUT2D eigenvalue weighted by atomic mass is 32.1. The molecule has 1 fully saturated rings. The van der Waals surface area contributed by atoms with Crippen LogP contribution in [0.25, 0.3) is 0 Å². The summed E-state index contributed by atoms with van der Waals surface area (Å²) in [6, 6.07) is 0. The number of nitrogens with one attached hydrogen (secondary N) is 1. The molecule has 0 aromatic carbocycles. The Labute approximate surface area is 103 Å². The second-order valence-corrected chi connectivity index (χ2v) is 5.60. The van der Waals surface area contributed by atoms with E-state index in [-0.39, 0.29) is 5.91 Å². The van der Waals surface area contributed by atoms with Gasteiger partial charge in [-0.2, -0.15) is 0 Å². The van der Waals surface area contributed by atoms with Crippen LogP contribution in [0.2, 0.25) is 0 Å². The number of carbonyl (C=O) groups is 2. The summed E-state index contributed by atoms with van der Waals surface area (Å²) in [4.78, 5) is 27.9. The zero-order chi connectivity index (χ0) is 12.6. The first-order chi connectivity index (χ1) is 7.95. The van der Waals surface area contributed by atoms with Gasteiger partial charge in [-0.15, -0.1) is 11.3 Å². The molecule has 0 unspecified atom stereocenters. The molecule has 1 saturated carbocycles. The van der Waals surface area contributed by atoms with Crippen LogP contribution in [0.1, 0.15) is 28.4 Å². The van der Waals surface area contributed by atoms with Crippen LogP contribution in [0.4, 0.5) is 0 Å². The van der Waals surface area contributed by atoms with Crippen LogP contribution in [-0.2, 0) is 16.1 Å². The van der Waals surface area contributed by atoms with Gasteiger partial charge < -0.3 is 10.4 Å². The number of carboxylic acids is 1. The summed E-state index contributed by atoms with van der Waals surface area (Å²) in [6.07, 6.45) is 0.879. The molecule has 2 rings (SSSR count). The SMILES string of the molecule is Cc1nc(C)c(CNC(=O)C2(C(=O)O)CC2)s1. The third-order valence-corrected chi connectivity index (χ3v) is 4.08. The Balaban J connectivity index is 1.97. The normalized spacial score (nSPS) is 16.6. The zero-order valence-electron chi connectivity index (χ0n) is 9.74. The number of rotatable bonds is 4. The number of thiazole rings is 1. The van der Waals surface area contributed by atoms with Gasteiger partial charge >= 0.3 is 5.97 Å². The van der Waals surface area contributed by atoms with E-state index >= 15 is 0 Å². The monoisotopic (exact) mass is 254 g/mol. The van der Waals surface area contributed by atoms with Gasteiger partial charge in [0.25, 0.3) is 0 Å². The van der Waals surface area contributed by atoms with Crippen LogP contribution >= 0.6 is 11.3 Å². The van der Waals surface area contributed by atoms with E-state index in [0.717, 1.165) is 15.6 Å². The summed E-state index contributed by atoms with van der Waals surface area (Å²) in [5, 5.41) is 12.6. The Bertz CT molecular complexity index is 477. The average Bonchev–Trinajstić information content (AvgIpc) is 2.98. The standard InChI is InChI=1S/C11H14N2O3S/c1-6-8(17-7(2)13-6)5-12-9(14)11(3-4-11)10(15)16/h3-5H2,1-2H3,(H,12,14)(H,15,16). The summed E-state index contributed by atoms with van der Waals surface area (Å²) in [5.74, 6) is -1.40. The maximum absolute atomic E-state index is 11.8. The van der Waals surface area contributed by atoms with E-state index in [2.05, 4.69) is 10.3 Å². The number of aliphatic carboxylic acids is 1. The molecule has 1 aliphatic carbocycles. The van der Waals surface area contributed by atoms with Crippen molar-refractivity contribution in [1.29, 1.82) is 0 Å². The van der Waals surface area contributed by atoms with E-state index in [1.807, 2.05) is 13.8 Å². The highest BCUT2D eigenvalue weighted by molar-refractivity contribution is 7.11. The fourth-order valence-corrected chi connectivity index (χ4v) is 2.61. The molecule has 0 bridgehead atoms. The topological polar surface area (TPSA) is 79.3 Å². The number of hydrogen-bond acceptors (Lipinski definition) is 4. The summed E-state index contributed by atoms with van der Waals surface area (Å²) in [7, 11) is 0. The van der Waals surface area contributed by atoms with E-state index in [1.165, 1.54) is 11.3 Å². The molecule has 2 N–H and O–H groups in total.